The van der Waals surface area contributed by atoms with E-state index in [1.807, 2.05) is 32.0 Å². The summed E-state index contributed by atoms with van der Waals surface area (Å²) < 4.78 is 0. The zero-order chi connectivity index (χ0) is 14.5. The predicted octanol–water partition coefficient (Wildman–Crippen LogP) is 2.56. The van der Waals surface area contributed by atoms with Crippen molar-refractivity contribution < 1.29 is 4.79 Å². The largest absolute Gasteiger partial charge is 0.351 e. The number of hydrogen-bond acceptors (Lipinski definition) is 4. The van der Waals surface area contributed by atoms with Crippen molar-refractivity contribution in [1.29, 1.82) is 0 Å². The molecule has 0 radical (unpaired) electrons. The molecule has 20 heavy (non-hydrogen) atoms. The lowest BCUT2D eigenvalue weighted by Crippen LogP contribution is -2.30. The zero-order valence-electron chi connectivity index (χ0n) is 11.2. The van der Waals surface area contributed by atoms with Gasteiger partial charge in [-0.15, -0.1) is 5.10 Å². The van der Waals surface area contributed by atoms with Crippen molar-refractivity contribution in [2.45, 2.75) is 30.8 Å². The van der Waals surface area contributed by atoms with Gasteiger partial charge in [0, 0.05) is 11.6 Å². The minimum Gasteiger partial charge on any atom is -0.351 e. The summed E-state index contributed by atoms with van der Waals surface area (Å²) in [6.45, 7) is 4.05. The Morgan fingerprint density at radius 1 is 1.50 bits per heavy atom. The van der Waals surface area contributed by atoms with Crippen LogP contribution in [0.2, 0.25) is 5.02 Å². The molecule has 0 aliphatic carbocycles. The lowest BCUT2D eigenvalue weighted by atomic mass is 10.2. The number of rotatable bonds is 5. The summed E-state index contributed by atoms with van der Waals surface area (Å²) in [5.41, 5.74) is 0.897. The van der Waals surface area contributed by atoms with E-state index in [2.05, 4.69) is 20.5 Å². The van der Waals surface area contributed by atoms with Gasteiger partial charge >= 0.3 is 0 Å². The molecule has 7 heteroatoms. The van der Waals surface area contributed by atoms with E-state index < -0.39 is 0 Å². The van der Waals surface area contributed by atoms with Crippen LogP contribution >= 0.6 is 23.4 Å². The van der Waals surface area contributed by atoms with Gasteiger partial charge in [-0.3, -0.25) is 9.89 Å². The summed E-state index contributed by atoms with van der Waals surface area (Å²) in [5, 5.41) is 10.6. The maximum absolute atomic E-state index is 12.0. The maximum atomic E-state index is 12.0. The summed E-state index contributed by atoms with van der Waals surface area (Å²) in [4.78, 5) is 16.2. The topological polar surface area (TPSA) is 70.7 Å². The molecular weight excluding hydrogens is 296 g/mol. The van der Waals surface area contributed by atoms with E-state index in [-0.39, 0.29) is 11.2 Å². The average molecular weight is 311 g/mol. The molecule has 1 aromatic heterocycles. The summed E-state index contributed by atoms with van der Waals surface area (Å²) in [6.07, 6.45) is 0. The molecule has 106 valence electrons. The Bertz CT molecular complexity index is 602. The molecule has 0 aliphatic heterocycles. The summed E-state index contributed by atoms with van der Waals surface area (Å²) in [7, 11) is 0. The number of amides is 1. The molecule has 1 aromatic carbocycles. The Morgan fingerprint density at radius 2 is 2.25 bits per heavy atom. The molecule has 0 spiro atoms. The van der Waals surface area contributed by atoms with Gasteiger partial charge in [0.1, 0.15) is 5.82 Å². The molecule has 5 nitrogen and oxygen atoms in total. The fourth-order valence-corrected chi connectivity index (χ4v) is 2.55. The molecule has 1 unspecified atom stereocenters. The third-order valence-electron chi connectivity index (χ3n) is 2.64. The molecule has 0 saturated heterocycles. The van der Waals surface area contributed by atoms with Gasteiger partial charge in [-0.05, 0) is 25.5 Å². The second-order valence-corrected chi connectivity index (χ2v) is 5.99. The van der Waals surface area contributed by atoms with Crippen molar-refractivity contribution in [3.05, 3.63) is 40.7 Å². The average Bonchev–Trinajstić information content (AvgIpc) is 2.82. The normalized spacial score (nSPS) is 12.2. The second-order valence-electron chi connectivity index (χ2n) is 4.27. The number of nitrogens with one attached hydrogen (secondary N) is 2. The van der Waals surface area contributed by atoms with Crippen LogP contribution in [-0.2, 0) is 11.3 Å². The number of H-pyrrole nitrogens is 1. The van der Waals surface area contributed by atoms with E-state index in [9.17, 15) is 4.79 Å². The van der Waals surface area contributed by atoms with Gasteiger partial charge in [-0.1, -0.05) is 41.6 Å². The Labute approximate surface area is 126 Å². The van der Waals surface area contributed by atoms with Crippen molar-refractivity contribution in [3.63, 3.8) is 0 Å². The highest BCUT2D eigenvalue weighted by Gasteiger charge is 2.16. The highest BCUT2D eigenvalue weighted by atomic mass is 35.5. The minimum absolute atomic E-state index is 0.0719. The molecular formula is C13H15ClN4OS. The molecule has 0 saturated carbocycles. The lowest BCUT2D eigenvalue weighted by molar-refractivity contribution is -0.120. The van der Waals surface area contributed by atoms with E-state index in [4.69, 9.17) is 11.6 Å². The van der Waals surface area contributed by atoms with Crippen molar-refractivity contribution in [2.75, 3.05) is 0 Å². The summed E-state index contributed by atoms with van der Waals surface area (Å²) in [6, 6.07) is 7.44. The molecule has 1 heterocycles. The molecule has 0 fully saturated rings. The molecule has 0 aliphatic rings. The van der Waals surface area contributed by atoms with E-state index in [0.717, 1.165) is 11.4 Å². The van der Waals surface area contributed by atoms with Crippen LogP contribution in [0.4, 0.5) is 0 Å². The fourth-order valence-electron chi connectivity index (χ4n) is 1.55. The third kappa shape index (κ3) is 3.98. The molecule has 1 amide bonds. The second kappa shape index (κ2) is 6.76. The maximum Gasteiger partial charge on any atom is 0.233 e. The van der Waals surface area contributed by atoms with Crippen molar-refractivity contribution in [3.8, 4) is 0 Å². The van der Waals surface area contributed by atoms with E-state index in [1.165, 1.54) is 11.8 Å². The van der Waals surface area contributed by atoms with Crippen LogP contribution in [0.25, 0.3) is 0 Å². The van der Waals surface area contributed by atoms with E-state index in [1.54, 1.807) is 6.07 Å². The van der Waals surface area contributed by atoms with Crippen molar-refractivity contribution in [2.24, 2.45) is 0 Å². The predicted molar refractivity (Wildman–Crippen MR) is 79.7 cm³/mol. The molecule has 1 atom stereocenters. The highest BCUT2D eigenvalue weighted by molar-refractivity contribution is 8.00. The van der Waals surface area contributed by atoms with Gasteiger partial charge in [0.15, 0.2) is 0 Å². The number of carbonyl (C=O) groups is 1. The quantitative estimate of drug-likeness (QED) is 0.833. The first-order chi connectivity index (χ1) is 9.56. The number of aromatic nitrogens is 3. The molecule has 0 bridgehead atoms. The zero-order valence-corrected chi connectivity index (χ0v) is 12.8. The first-order valence-electron chi connectivity index (χ1n) is 6.13. The number of hydrogen-bond donors (Lipinski definition) is 2. The first kappa shape index (κ1) is 14.9. The number of carbonyl (C=O) groups excluding carboxylic acids is 1. The van der Waals surface area contributed by atoms with Gasteiger partial charge in [0.05, 0.1) is 5.25 Å². The van der Waals surface area contributed by atoms with Gasteiger partial charge in [0.2, 0.25) is 11.1 Å². The number of aryl methyl sites for hydroxylation is 1. The first-order valence-corrected chi connectivity index (χ1v) is 7.39. The number of halogens is 1. The van der Waals surface area contributed by atoms with Crippen LogP contribution in [0.3, 0.4) is 0 Å². The standard InChI is InChI=1S/C13H15ClN4OS/c1-8(20-13-16-9(2)17-18-13)12(19)15-7-10-5-3-4-6-11(10)14/h3-6,8H,7H2,1-2H3,(H,15,19)(H,16,17,18). The summed E-state index contributed by atoms with van der Waals surface area (Å²) >= 11 is 7.35. The van der Waals surface area contributed by atoms with Crippen LogP contribution in [0.15, 0.2) is 29.4 Å². The van der Waals surface area contributed by atoms with E-state index in [0.29, 0.717) is 16.7 Å². The lowest BCUT2D eigenvalue weighted by Gasteiger charge is -2.10. The molecule has 2 rings (SSSR count). The van der Waals surface area contributed by atoms with Crippen LogP contribution in [-0.4, -0.2) is 26.3 Å². The number of nitrogens with zero attached hydrogens (tertiary/aromatic N) is 2. The molecule has 2 N–H and O–H groups in total. The molecule has 2 aromatic rings. The van der Waals surface area contributed by atoms with E-state index >= 15 is 0 Å². The van der Waals surface area contributed by atoms with Gasteiger partial charge < -0.3 is 5.32 Å². The van der Waals surface area contributed by atoms with Crippen molar-refractivity contribution >= 4 is 29.3 Å². The Kier molecular flexibility index (Phi) is 5.03. The number of thioether (sulfide) groups is 1. The van der Waals surface area contributed by atoms with Crippen molar-refractivity contribution in [1.82, 2.24) is 20.5 Å². The Morgan fingerprint density at radius 3 is 2.90 bits per heavy atom. The van der Waals surface area contributed by atoms with Crippen LogP contribution < -0.4 is 5.32 Å². The monoisotopic (exact) mass is 310 g/mol. The number of aromatic amines is 1. The van der Waals surface area contributed by atoms with Crippen LogP contribution in [0.5, 0.6) is 0 Å². The summed E-state index contributed by atoms with van der Waals surface area (Å²) in [5.74, 6) is 0.661. The van der Waals surface area contributed by atoms with Gasteiger partial charge in [-0.2, -0.15) is 0 Å². The Hall–Kier alpha value is -1.53. The van der Waals surface area contributed by atoms with Gasteiger partial charge in [0.25, 0.3) is 0 Å². The fraction of sp³-hybridized carbons (Fsp3) is 0.308. The van der Waals surface area contributed by atoms with Gasteiger partial charge in [-0.25, -0.2) is 4.98 Å². The third-order valence-corrected chi connectivity index (χ3v) is 3.97. The minimum atomic E-state index is -0.271. The van der Waals surface area contributed by atoms with Crippen LogP contribution in [0, 0.1) is 6.92 Å². The number of benzene rings is 1. The highest BCUT2D eigenvalue weighted by Crippen LogP contribution is 2.19. The smallest absolute Gasteiger partial charge is 0.233 e. The Balaban J connectivity index is 1.87. The SMILES string of the molecule is Cc1nc(SC(C)C(=O)NCc2ccccc2Cl)n[nH]1. The van der Waals surface area contributed by atoms with Crippen LogP contribution in [0.1, 0.15) is 18.3 Å².